The van der Waals surface area contributed by atoms with Crippen LogP contribution in [0.4, 0.5) is 0 Å². The van der Waals surface area contributed by atoms with Gasteiger partial charge < -0.3 is 34.6 Å². The number of nitrogens with zero attached hydrogens (tertiary/aromatic N) is 1. The van der Waals surface area contributed by atoms with Gasteiger partial charge in [0.1, 0.15) is 24.0 Å². The second-order valence-corrected chi connectivity index (χ2v) is 10.3. The average Bonchev–Trinajstić information content (AvgIpc) is 3.26. The maximum atomic E-state index is 13.1. The van der Waals surface area contributed by atoms with E-state index < -0.39 is 16.1 Å². The quantitative estimate of drug-likeness (QED) is 0.319. The number of ether oxygens (including phenoxy) is 3. The number of hydrogen-bond donors (Lipinski definition) is 4. The van der Waals surface area contributed by atoms with Gasteiger partial charge in [-0.15, -0.1) is 0 Å². The molecule has 1 fully saturated rings. The van der Waals surface area contributed by atoms with E-state index in [9.17, 15) is 18.3 Å². The van der Waals surface area contributed by atoms with Crippen molar-refractivity contribution in [1.82, 2.24) is 19.6 Å². The highest BCUT2D eigenvalue weighted by Crippen LogP contribution is 2.31. The lowest BCUT2D eigenvalue weighted by molar-refractivity contribution is 0.101. The van der Waals surface area contributed by atoms with E-state index in [1.54, 1.807) is 24.3 Å². The second kappa shape index (κ2) is 10.7. The highest BCUT2D eigenvalue weighted by Gasteiger charge is 2.30. The lowest BCUT2D eigenvalue weighted by Crippen LogP contribution is -2.47. The van der Waals surface area contributed by atoms with Crippen molar-refractivity contribution in [1.29, 1.82) is 0 Å². The number of nitrogens with one attached hydrogen (secondary N) is 3. The van der Waals surface area contributed by atoms with Crippen LogP contribution in [0.25, 0.3) is 11.0 Å². The molecule has 0 spiro atoms. The number of aliphatic hydroxyl groups excluding tert-OH is 1. The number of piperidine rings is 1. The lowest BCUT2D eigenvalue weighted by Gasteiger charge is -2.32. The highest BCUT2D eigenvalue weighted by atomic mass is 32.2. The van der Waals surface area contributed by atoms with E-state index in [2.05, 4.69) is 15.3 Å². The Labute approximate surface area is 203 Å². The minimum atomic E-state index is -3.66. The smallest absolute Gasteiger partial charge is 0.323 e. The molecule has 0 saturated carbocycles. The first-order chi connectivity index (χ1) is 16.8. The van der Waals surface area contributed by atoms with Crippen LogP contribution < -0.4 is 25.2 Å². The zero-order valence-corrected chi connectivity index (χ0v) is 20.4. The van der Waals surface area contributed by atoms with Crippen molar-refractivity contribution in [3.8, 4) is 17.2 Å². The molecule has 0 amide bonds. The number of aromatic nitrogens is 2. The third-order valence-electron chi connectivity index (χ3n) is 6.03. The number of aliphatic hydroxyl groups is 1. The van der Waals surface area contributed by atoms with Crippen LogP contribution in [0.3, 0.4) is 0 Å². The molecule has 4 N–H and O–H groups in total. The Morgan fingerprint density at radius 1 is 1.09 bits per heavy atom. The number of aromatic amines is 2. The molecule has 190 valence electrons. The molecule has 12 heteroatoms. The van der Waals surface area contributed by atoms with Crippen LogP contribution in [0, 0.1) is 0 Å². The van der Waals surface area contributed by atoms with E-state index in [0.717, 1.165) is 0 Å². The van der Waals surface area contributed by atoms with Crippen LogP contribution in [-0.4, -0.2) is 80.4 Å². The Morgan fingerprint density at radius 2 is 1.83 bits per heavy atom. The Bertz CT molecular complexity index is 1310. The zero-order chi connectivity index (χ0) is 25.0. The van der Waals surface area contributed by atoms with Gasteiger partial charge in [-0.2, -0.15) is 4.31 Å². The van der Waals surface area contributed by atoms with E-state index in [0.29, 0.717) is 60.8 Å². The summed E-state index contributed by atoms with van der Waals surface area (Å²) in [7, 11) is -0.695. The van der Waals surface area contributed by atoms with Gasteiger partial charge in [0.05, 0.1) is 24.6 Å². The topological polar surface area (TPSA) is 146 Å². The summed E-state index contributed by atoms with van der Waals surface area (Å²) in [6.07, 6.45) is 0.456. The van der Waals surface area contributed by atoms with Crippen LogP contribution in [0.1, 0.15) is 12.8 Å². The molecule has 0 unspecified atom stereocenters. The number of sulfonamides is 1. The minimum Gasteiger partial charge on any atom is -0.493 e. The van der Waals surface area contributed by atoms with Crippen LogP contribution in [0.5, 0.6) is 17.2 Å². The molecular weight excluding hydrogens is 476 g/mol. The third-order valence-corrected chi connectivity index (χ3v) is 7.93. The number of rotatable bonds is 10. The van der Waals surface area contributed by atoms with Gasteiger partial charge in [0.2, 0.25) is 10.0 Å². The van der Waals surface area contributed by atoms with Crippen molar-refractivity contribution in [3.05, 3.63) is 46.9 Å². The fourth-order valence-electron chi connectivity index (χ4n) is 4.13. The van der Waals surface area contributed by atoms with Crippen molar-refractivity contribution in [2.45, 2.75) is 29.9 Å². The van der Waals surface area contributed by atoms with Gasteiger partial charge in [0, 0.05) is 31.7 Å². The zero-order valence-electron chi connectivity index (χ0n) is 19.6. The maximum absolute atomic E-state index is 13.1. The molecule has 4 rings (SSSR count). The maximum Gasteiger partial charge on any atom is 0.323 e. The Morgan fingerprint density at radius 3 is 2.54 bits per heavy atom. The fourth-order valence-corrected chi connectivity index (χ4v) is 5.61. The molecular formula is C23H30N4O7S. The van der Waals surface area contributed by atoms with Crippen molar-refractivity contribution < 1.29 is 27.7 Å². The molecule has 1 saturated heterocycles. The molecule has 11 nitrogen and oxygen atoms in total. The number of para-hydroxylation sites is 1. The first-order valence-corrected chi connectivity index (χ1v) is 12.7. The Kier molecular flexibility index (Phi) is 7.65. The number of H-pyrrole nitrogens is 2. The van der Waals surface area contributed by atoms with Crippen LogP contribution in [0.2, 0.25) is 0 Å². The van der Waals surface area contributed by atoms with Gasteiger partial charge in [-0.25, -0.2) is 13.2 Å². The summed E-state index contributed by atoms with van der Waals surface area (Å²) in [4.78, 5) is 17.0. The van der Waals surface area contributed by atoms with E-state index in [1.165, 1.54) is 30.7 Å². The molecule has 0 aliphatic carbocycles. The molecule has 0 bridgehead atoms. The number of benzene rings is 2. The number of fused-ring (bicyclic) bond motifs is 1. The van der Waals surface area contributed by atoms with Crippen LogP contribution >= 0.6 is 0 Å². The van der Waals surface area contributed by atoms with Gasteiger partial charge in [-0.05, 0) is 37.1 Å². The molecule has 0 radical (unpaired) electrons. The third kappa shape index (κ3) is 5.61. The fraction of sp³-hybridized carbons (Fsp3) is 0.435. The van der Waals surface area contributed by atoms with Crippen molar-refractivity contribution in [2.75, 3.05) is 40.5 Å². The van der Waals surface area contributed by atoms with Crippen LogP contribution in [-0.2, 0) is 10.0 Å². The predicted molar refractivity (Wildman–Crippen MR) is 130 cm³/mol. The van der Waals surface area contributed by atoms with Gasteiger partial charge in [-0.1, -0.05) is 6.07 Å². The van der Waals surface area contributed by atoms with E-state index in [-0.39, 0.29) is 23.2 Å². The number of imidazole rings is 1. The van der Waals surface area contributed by atoms with Crippen LogP contribution in [0.15, 0.2) is 46.1 Å². The molecule has 1 atom stereocenters. The molecule has 2 heterocycles. The minimum absolute atomic E-state index is 0.0475. The van der Waals surface area contributed by atoms with E-state index in [4.69, 9.17) is 14.2 Å². The molecule has 1 aliphatic heterocycles. The summed E-state index contributed by atoms with van der Waals surface area (Å²) in [5, 5.41) is 13.6. The normalized spacial score (nSPS) is 16.3. The predicted octanol–water partition coefficient (Wildman–Crippen LogP) is 1.06. The highest BCUT2D eigenvalue weighted by molar-refractivity contribution is 7.89. The Balaban J connectivity index is 1.26. The molecule has 35 heavy (non-hydrogen) atoms. The number of hydrogen-bond acceptors (Lipinski definition) is 8. The van der Waals surface area contributed by atoms with Gasteiger partial charge in [-0.3, -0.25) is 0 Å². The Hall–Kier alpha value is -3.06. The SMILES string of the molecule is COc1ccc(S(=O)(=O)N2CCC(NC[C@H](O)COc3cccc4[nH]c(=O)[nH]c34)CC2)cc1OC. The molecule has 1 aromatic heterocycles. The van der Waals surface area contributed by atoms with Gasteiger partial charge in [0.15, 0.2) is 11.5 Å². The standard InChI is InChI=1S/C23H30N4O7S/c1-32-19-7-6-17(12-21(19)33-2)35(30,31)27-10-8-15(9-11-27)24-13-16(28)14-34-20-5-3-4-18-22(20)26-23(29)25-18/h3-7,12,15-16,24,28H,8-11,13-14H2,1-2H3,(H2,25,26,29)/t16-/m0/s1. The summed E-state index contributed by atoms with van der Waals surface area (Å²) in [6, 6.07) is 9.88. The summed E-state index contributed by atoms with van der Waals surface area (Å²) < 4.78 is 43.7. The van der Waals surface area contributed by atoms with Crippen molar-refractivity contribution in [2.24, 2.45) is 0 Å². The summed E-state index contributed by atoms with van der Waals surface area (Å²) in [6.45, 7) is 1.08. The van der Waals surface area contributed by atoms with Gasteiger partial charge in [0.25, 0.3) is 0 Å². The van der Waals surface area contributed by atoms with E-state index in [1.807, 2.05) is 0 Å². The number of methoxy groups -OCH3 is 2. The first kappa shape index (κ1) is 25.0. The monoisotopic (exact) mass is 506 g/mol. The largest absolute Gasteiger partial charge is 0.493 e. The summed E-state index contributed by atoms with van der Waals surface area (Å²) in [5.74, 6) is 1.31. The second-order valence-electron chi connectivity index (χ2n) is 8.33. The van der Waals surface area contributed by atoms with Gasteiger partial charge >= 0.3 is 5.69 Å². The van der Waals surface area contributed by atoms with E-state index >= 15 is 0 Å². The average molecular weight is 507 g/mol. The lowest BCUT2D eigenvalue weighted by atomic mass is 10.1. The molecule has 2 aromatic carbocycles. The summed E-state index contributed by atoms with van der Waals surface area (Å²) in [5.41, 5.74) is 0.869. The van der Waals surface area contributed by atoms with Crippen molar-refractivity contribution >= 4 is 21.1 Å². The molecule has 1 aliphatic rings. The molecule has 3 aromatic rings. The summed E-state index contributed by atoms with van der Waals surface area (Å²) >= 11 is 0. The first-order valence-electron chi connectivity index (χ1n) is 11.3. The van der Waals surface area contributed by atoms with Crippen molar-refractivity contribution in [3.63, 3.8) is 0 Å².